The highest BCUT2D eigenvalue weighted by Crippen LogP contribution is 2.28. The Kier molecular flexibility index (Phi) is 4.38. The number of rotatable bonds is 5. The van der Waals surface area contributed by atoms with Gasteiger partial charge >= 0.3 is 5.69 Å². The molecule has 0 aliphatic carbocycles. The highest BCUT2D eigenvalue weighted by Gasteiger charge is 2.21. The molecule has 0 saturated carbocycles. The summed E-state index contributed by atoms with van der Waals surface area (Å²) >= 11 is 0. The second kappa shape index (κ2) is 6.78. The van der Waals surface area contributed by atoms with E-state index in [4.69, 9.17) is 4.52 Å². The molecule has 0 fully saturated rings. The van der Waals surface area contributed by atoms with Crippen LogP contribution in [0.1, 0.15) is 11.5 Å². The van der Waals surface area contributed by atoms with E-state index in [9.17, 15) is 10.1 Å². The predicted molar refractivity (Wildman–Crippen MR) is 92.4 cm³/mol. The largest absolute Gasteiger partial charge is 0.361 e. The predicted octanol–water partition coefficient (Wildman–Crippen LogP) is 4.64. The Bertz CT molecular complexity index is 886. The third-order valence-electron chi connectivity index (χ3n) is 3.52. The summed E-state index contributed by atoms with van der Waals surface area (Å²) in [6.07, 6.45) is 3.11. The third kappa shape index (κ3) is 3.17. The zero-order valence-corrected chi connectivity index (χ0v) is 13.0. The number of nitrogens with one attached hydrogen (secondary N) is 1. The van der Waals surface area contributed by atoms with Crippen molar-refractivity contribution in [3.8, 4) is 11.1 Å². The van der Waals surface area contributed by atoms with Crippen molar-refractivity contribution in [3.05, 3.63) is 82.4 Å². The molecule has 2 aromatic carbocycles. The number of nitrogens with zero attached hydrogens (tertiary/aromatic N) is 2. The number of hydrogen-bond donors (Lipinski definition) is 1. The average molecular weight is 321 g/mol. The van der Waals surface area contributed by atoms with Crippen LogP contribution in [0.25, 0.3) is 17.2 Å². The van der Waals surface area contributed by atoms with E-state index in [0.29, 0.717) is 0 Å². The lowest BCUT2D eigenvalue weighted by atomic mass is 10.0. The van der Waals surface area contributed by atoms with Crippen molar-refractivity contribution in [1.82, 2.24) is 5.16 Å². The fraction of sp³-hybridized carbons (Fsp3) is 0.0556. The van der Waals surface area contributed by atoms with Crippen LogP contribution in [-0.4, -0.2) is 10.1 Å². The van der Waals surface area contributed by atoms with Crippen LogP contribution in [0.2, 0.25) is 0 Å². The van der Waals surface area contributed by atoms with E-state index >= 15 is 0 Å². The van der Waals surface area contributed by atoms with Gasteiger partial charge in [-0.2, -0.15) is 0 Å². The zero-order chi connectivity index (χ0) is 16.9. The fourth-order valence-corrected chi connectivity index (χ4v) is 2.40. The molecular formula is C18H15N3O3. The summed E-state index contributed by atoms with van der Waals surface area (Å²) in [5.74, 6) is 0.113. The lowest BCUT2D eigenvalue weighted by Gasteiger charge is -2.09. The Labute approximate surface area is 138 Å². The molecule has 0 amide bonds. The van der Waals surface area contributed by atoms with Crippen molar-refractivity contribution >= 4 is 17.5 Å². The molecule has 120 valence electrons. The monoisotopic (exact) mass is 321 g/mol. The van der Waals surface area contributed by atoms with E-state index in [1.165, 1.54) is 13.0 Å². The van der Waals surface area contributed by atoms with Gasteiger partial charge in [-0.25, -0.2) is 0 Å². The Morgan fingerprint density at radius 1 is 1.12 bits per heavy atom. The van der Waals surface area contributed by atoms with Crippen molar-refractivity contribution in [3.63, 3.8) is 0 Å². The lowest BCUT2D eigenvalue weighted by Crippen LogP contribution is -1.92. The molecule has 1 aromatic heterocycles. The maximum Gasteiger partial charge on any atom is 0.338 e. The van der Waals surface area contributed by atoms with Crippen LogP contribution in [0, 0.1) is 17.0 Å². The molecule has 0 aliphatic heterocycles. The molecular weight excluding hydrogens is 306 g/mol. The first kappa shape index (κ1) is 15.5. The van der Waals surface area contributed by atoms with Crippen LogP contribution < -0.4 is 5.32 Å². The molecule has 6 nitrogen and oxygen atoms in total. The third-order valence-corrected chi connectivity index (χ3v) is 3.52. The van der Waals surface area contributed by atoms with Crippen molar-refractivity contribution < 1.29 is 9.45 Å². The number of hydrogen-bond acceptors (Lipinski definition) is 5. The Hall–Kier alpha value is -3.41. The number of aryl methyl sites for hydroxylation is 1. The van der Waals surface area contributed by atoms with Crippen LogP contribution >= 0.6 is 0 Å². The molecule has 0 aliphatic rings. The van der Waals surface area contributed by atoms with Crippen molar-refractivity contribution in [2.24, 2.45) is 0 Å². The first-order valence-corrected chi connectivity index (χ1v) is 7.35. The molecule has 0 unspecified atom stereocenters. The Morgan fingerprint density at radius 3 is 2.58 bits per heavy atom. The second-order valence-corrected chi connectivity index (χ2v) is 5.13. The van der Waals surface area contributed by atoms with Gasteiger partial charge in [0.1, 0.15) is 0 Å². The van der Waals surface area contributed by atoms with Gasteiger partial charge in [-0.1, -0.05) is 53.7 Å². The summed E-state index contributed by atoms with van der Waals surface area (Å²) in [6.45, 7) is 1.54. The normalized spacial score (nSPS) is 10.9. The smallest absolute Gasteiger partial charge is 0.338 e. The number of para-hydroxylation sites is 1. The van der Waals surface area contributed by atoms with Gasteiger partial charge in [-0.15, -0.1) is 0 Å². The van der Waals surface area contributed by atoms with Gasteiger partial charge in [0, 0.05) is 23.5 Å². The second-order valence-electron chi connectivity index (χ2n) is 5.13. The molecule has 1 heterocycles. The maximum atomic E-state index is 11.0. The lowest BCUT2D eigenvalue weighted by molar-refractivity contribution is -0.386. The van der Waals surface area contributed by atoms with E-state index in [1.807, 2.05) is 54.6 Å². The summed E-state index contributed by atoms with van der Waals surface area (Å²) in [6, 6.07) is 17.8. The molecule has 24 heavy (non-hydrogen) atoms. The van der Waals surface area contributed by atoms with E-state index in [1.54, 1.807) is 6.20 Å². The van der Waals surface area contributed by atoms with Gasteiger partial charge in [0.25, 0.3) is 0 Å². The van der Waals surface area contributed by atoms with Gasteiger partial charge in [0.15, 0.2) is 5.69 Å². The minimum atomic E-state index is -0.497. The van der Waals surface area contributed by atoms with Gasteiger partial charge in [0.2, 0.25) is 5.76 Å². The molecule has 0 saturated heterocycles. The van der Waals surface area contributed by atoms with Crippen LogP contribution in [0.3, 0.4) is 0 Å². The molecule has 0 atom stereocenters. The van der Waals surface area contributed by atoms with Crippen LogP contribution in [0.4, 0.5) is 11.4 Å². The summed E-state index contributed by atoms with van der Waals surface area (Å²) < 4.78 is 4.99. The van der Waals surface area contributed by atoms with E-state index in [2.05, 4.69) is 10.5 Å². The van der Waals surface area contributed by atoms with Crippen LogP contribution in [0.15, 0.2) is 65.3 Å². The molecule has 3 aromatic rings. The minimum absolute atomic E-state index is 0.113. The van der Waals surface area contributed by atoms with Crippen LogP contribution in [0.5, 0.6) is 0 Å². The number of nitro groups is 1. The maximum absolute atomic E-state index is 11.0. The molecule has 0 bridgehead atoms. The zero-order valence-electron chi connectivity index (χ0n) is 13.0. The summed E-state index contributed by atoms with van der Waals surface area (Å²) in [5, 5.41) is 17.8. The molecule has 0 radical (unpaired) electrons. The van der Waals surface area contributed by atoms with Gasteiger partial charge < -0.3 is 9.84 Å². The van der Waals surface area contributed by atoms with Crippen LogP contribution in [-0.2, 0) is 0 Å². The highest BCUT2D eigenvalue weighted by molar-refractivity contribution is 5.78. The number of aromatic nitrogens is 1. The summed E-state index contributed by atoms with van der Waals surface area (Å²) in [5.41, 5.74) is 3.13. The van der Waals surface area contributed by atoms with Crippen molar-refractivity contribution in [2.45, 2.75) is 6.92 Å². The molecule has 1 N–H and O–H groups in total. The van der Waals surface area contributed by atoms with E-state index < -0.39 is 4.92 Å². The van der Waals surface area contributed by atoms with E-state index in [-0.39, 0.29) is 17.1 Å². The number of benzene rings is 2. The van der Waals surface area contributed by atoms with Gasteiger partial charge in [-0.3, -0.25) is 10.1 Å². The van der Waals surface area contributed by atoms with Crippen molar-refractivity contribution in [2.75, 3.05) is 5.32 Å². The highest BCUT2D eigenvalue weighted by atomic mass is 16.6. The van der Waals surface area contributed by atoms with Crippen molar-refractivity contribution in [1.29, 1.82) is 0 Å². The van der Waals surface area contributed by atoms with E-state index in [0.717, 1.165) is 16.8 Å². The SMILES string of the molecule is Cc1noc(/C=C/Nc2ccccc2-c2ccccc2)c1[N+](=O)[O-]. The topological polar surface area (TPSA) is 81.2 Å². The average Bonchev–Trinajstić information content (AvgIpc) is 2.97. The number of anilines is 1. The minimum Gasteiger partial charge on any atom is -0.361 e. The summed E-state index contributed by atoms with van der Waals surface area (Å²) in [4.78, 5) is 10.5. The fourth-order valence-electron chi connectivity index (χ4n) is 2.40. The van der Waals surface area contributed by atoms with Gasteiger partial charge in [0.05, 0.1) is 4.92 Å². The first-order valence-electron chi connectivity index (χ1n) is 7.35. The standard InChI is InChI=1S/C18H15N3O3/c1-13-18(21(22)23)17(24-20-13)11-12-19-16-10-6-5-9-15(16)14-7-3-2-4-8-14/h2-12,19H,1H3/b12-11+. The quantitative estimate of drug-likeness (QED) is 0.547. The summed E-state index contributed by atoms with van der Waals surface area (Å²) in [7, 11) is 0. The molecule has 0 spiro atoms. The molecule has 3 rings (SSSR count). The Balaban J connectivity index is 1.85. The molecule has 6 heteroatoms. The van der Waals surface area contributed by atoms with Gasteiger partial charge in [-0.05, 0) is 18.6 Å². The Morgan fingerprint density at radius 2 is 1.83 bits per heavy atom. The first-order chi connectivity index (χ1) is 11.7.